The van der Waals surface area contributed by atoms with E-state index in [1.807, 2.05) is 4.68 Å². The molecule has 0 saturated carbocycles. The average molecular weight is 404 g/mol. The Bertz CT molecular complexity index is 969. The summed E-state index contributed by atoms with van der Waals surface area (Å²) in [5.41, 5.74) is 7.51. The highest BCUT2D eigenvalue weighted by Gasteiger charge is 2.18. The predicted octanol–water partition coefficient (Wildman–Crippen LogP) is 4.47. The fourth-order valence-corrected chi connectivity index (χ4v) is 4.37. The molecule has 0 bridgehead atoms. The van der Waals surface area contributed by atoms with Gasteiger partial charge in [-0.05, 0) is 57.4 Å². The zero-order valence-corrected chi connectivity index (χ0v) is 18.5. The van der Waals surface area contributed by atoms with Gasteiger partial charge in [0, 0.05) is 44.0 Å². The number of aryl methyl sites for hydroxylation is 4. The molecular weight excluding hydrogens is 370 g/mol. The minimum atomic E-state index is 0.932. The van der Waals surface area contributed by atoms with E-state index < -0.39 is 0 Å². The van der Waals surface area contributed by atoms with Crippen LogP contribution >= 0.6 is 0 Å². The predicted molar refractivity (Wildman–Crippen MR) is 124 cm³/mol. The molecule has 1 aliphatic heterocycles. The van der Waals surface area contributed by atoms with Crippen LogP contribution in [-0.2, 0) is 6.54 Å². The SMILES string of the molecule is Cc1ccc(N2CCN(CCCCn3cc(-c4ccccc4C)nn3)CC2)c(C)c1. The lowest BCUT2D eigenvalue weighted by atomic mass is 10.1. The van der Waals surface area contributed by atoms with Crippen LogP contribution in [0.15, 0.2) is 48.7 Å². The molecule has 0 aliphatic carbocycles. The van der Waals surface area contributed by atoms with Crippen molar-refractivity contribution in [3.05, 3.63) is 65.4 Å². The van der Waals surface area contributed by atoms with E-state index in [2.05, 4.69) is 89.5 Å². The zero-order valence-electron chi connectivity index (χ0n) is 18.5. The monoisotopic (exact) mass is 403 g/mol. The van der Waals surface area contributed by atoms with Gasteiger partial charge in [-0.2, -0.15) is 0 Å². The van der Waals surface area contributed by atoms with Crippen LogP contribution in [0.5, 0.6) is 0 Å². The van der Waals surface area contributed by atoms with Crippen molar-refractivity contribution >= 4 is 5.69 Å². The molecule has 1 saturated heterocycles. The topological polar surface area (TPSA) is 37.2 Å². The number of benzene rings is 2. The molecule has 4 rings (SSSR count). The maximum absolute atomic E-state index is 4.36. The van der Waals surface area contributed by atoms with E-state index in [9.17, 15) is 0 Å². The number of hydrogen-bond donors (Lipinski definition) is 0. The van der Waals surface area contributed by atoms with E-state index in [-0.39, 0.29) is 0 Å². The molecule has 0 radical (unpaired) electrons. The molecule has 5 heteroatoms. The minimum absolute atomic E-state index is 0.932. The summed E-state index contributed by atoms with van der Waals surface area (Å²) in [7, 11) is 0. The highest BCUT2D eigenvalue weighted by molar-refractivity contribution is 5.61. The van der Waals surface area contributed by atoms with Gasteiger partial charge in [-0.1, -0.05) is 47.2 Å². The molecule has 30 heavy (non-hydrogen) atoms. The van der Waals surface area contributed by atoms with Crippen LogP contribution in [0.2, 0.25) is 0 Å². The van der Waals surface area contributed by atoms with Gasteiger partial charge >= 0.3 is 0 Å². The third-order valence-electron chi connectivity index (χ3n) is 6.14. The lowest BCUT2D eigenvalue weighted by molar-refractivity contribution is 0.250. The molecule has 5 nitrogen and oxygen atoms in total. The fourth-order valence-electron chi connectivity index (χ4n) is 4.37. The summed E-state index contributed by atoms with van der Waals surface area (Å²) in [6, 6.07) is 15.1. The third-order valence-corrected chi connectivity index (χ3v) is 6.14. The Hall–Kier alpha value is -2.66. The van der Waals surface area contributed by atoms with Crippen molar-refractivity contribution in [1.29, 1.82) is 0 Å². The van der Waals surface area contributed by atoms with Crippen LogP contribution in [0.1, 0.15) is 29.5 Å². The molecule has 0 spiro atoms. The van der Waals surface area contributed by atoms with Crippen molar-refractivity contribution in [2.24, 2.45) is 0 Å². The Balaban J connectivity index is 1.20. The van der Waals surface area contributed by atoms with Crippen LogP contribution in [0.3, 0.4) is 0 Å². The number of hydrogen-bond acceptors (Lipinski definition) is 4. The molecule has 2 aromatic carbocycles. The van der Waals surface area contributed by atoms with Gasteiger partial charge in [-0.15, -0.1) is 5.10 Å². The summed E-state index contributed by atoms with van der Waals surface area (Å²) in [4.78, 5) is 5.13. The molecule has 0 atom stereocenters. The summed E-state index contributed by atoms with van der Waals surface area (Å²) in [5, 5.41) is 8.68. The maximum Gasteiger partial charge on any atom is 0.113 e. The standard InChI is InChI=1S/C25H33N5/c1-20-10-11-25(22(3)18-20)29-16-14-28(15-17-29)12-6-7-13-30-19-24(26-27-30)23-9-5-4-8-21(23)2/h4-5,8-11,18-19H,6-7,12-17H2,1-3H3. The smallest absolute Gasteiger partial charge is 0.113 e. The van der Waals surface area contributed by atoms with Crippen LogP contribution in [0, 0.1) is 20.8 Å². The molecule has 158 valence electrons. The maximum atomic E-state index is 4.36. The molecule has 1 aliphatic rings. The van der Waals surface area contributed by atoms with Gasteiger partial charge < -0.3 is 4.90 Å². The van der Waals surface area contributed by atoms with Gasteiger partial charge in [-0.25, -0.2) is 0 Å². The summed E-state index contributed by atoms with van der Waals surface area (Å²) in [6.07, 6.45) is 4.40. The molecule has 0 N–H and O–H groups in total. The van der Waals surface area contributed by atoms with Gasteiger partial charge in [0.15, 0.2) is 0 Å². The molecule has 1 fully saturated rings. The largest absolute Gasteiger partial charge is 0.369 e. The summed E-state index contributed by atoms with van der Waals surface area (Å²) in [6.45, 7) is 13.1. The Labute approximate surface area is 180 Å². The third kappa shape index (κ3) is 4.90. The zero-order chi connectivity index (χ0) is 20.9. The lowest BCUT2D eigenvalue weighted by Crippen LogP contribution is -2.46. The van der Waals surface area contributed by atoms with Gasteiger partial charge in [0.05, 0.1) is 6.20 Å². The Morgan fingerprint density at radius 1 is 0.833 bits per heavy atom. The second-order valence-electron chi connectivity index (χ2n) is 8.51. The number of aromatic nitrogens is 3. The quantitative estimate of drug-likeness (QED) is 0.546. The summed E-state index contributed by atoms with van der Waals surface area (Å²) >= 11 is 0. The van der Waals surface area contributed by atoms with E-state index in [0.29, 0.717) is 0 Å². The van der Waals surface area contributed by atoms with Crippen LogP contribution < -0.4 is 4.90 Å². The first-order valence-electron chi connectivity index (χ1n) is 11.1. The van der Waals surface area contributed by atoms with Crippen LogP contribution in [0.4, 0.5) is 5.69 Å². The summed E-state index contributed by atoms with van der Waals surface area (Å²) < 4.78 is 1.99. The van der Waals surface area contributed by atoms with E-state index in [1.165, 1.54) is 40.9 Å². The first-order valence-corrected chi connectivity index (χ1v) is 11.1. The first-order chi connectivity index (χ1) is 14.6. The van der Waals surface area contributed by atoms with Crippen molar-refractivity contribution in [3.63, 3.8) is 0 Å². The van der Waals surface area contributed by atoms with Gasteiger partial charge in [0.2, 0.25) is 0 Å². The van der Waals surface area contributed by atoms with Crippen molar-refractivity contribution in [3.8, 4) is 11.3 Å². The Morgan fingerprint density at radius 3 is 2.37 bits per heavy atom. The number of piperazine rings is 1. The van der Waals surface area contributed by atoms with Crippen molar-refractivity contribution in [2.75, 3.05) is 37.6 Å². The molecular formula is C25H33N5. The molecule has 0 unspecified atom stereocenters. The fraction of sp³-hybridized carbons (Fsp3) is 0.440. The first kappa shape index (κ1) is 20.6. The normalized spacial score (nSPS) is 15.0. The number of rotatable bonds is 7. The Kier molecular flexibility index (Phi) is 6.48. The van der Waals surface area contributed by atoms with E-state index in [1.54, 1.807) is 0 Å². The van der Waals surface area contributed by atoms with E-state index in [4.69, 9.17) is 0 Å². The van der Waals surface area contributed by atoms with Gasteiger partial charge in [0.1, 0.15) is 5.69 Å². The Morgan fingerprint density at radius 2 is 1.60 bits per heavy atom. The minimum Gasteiger partial charge on any atom is -0.369 e. The molecule has 2 heterocycles. The van der Waals surface area contributed by atoms with Crippen molar-refractivity contribution in [1.82, 2.24) is 19.9 Å². The number of nitrogens with zero attached hydrogens (tertiary/aromatic N) is 5. The summed E-state index contributed by atoms with van der Waals surface area (Å²) in [5.74, 6) is 0. The van der Waals surface area contributed by atoms with Crippen molar-refractivity contribution < 1.29 is 0 Å². The molecule has 1 aromatic heterocycles. The second-order valence-corrected chi connectivity index (χ2v) is 8.51. The molecule has 0 amide bonds. The number of anilines is 1. The molecule has 3 aromatic rings. The highest BCUT2D eigenvalue weighted by atomic mass is 15.4. The van der Waals surface area contributed by atoms with E-state index in [0.717, 1.165) is 44.8 Å². The van der Waals surface area contributed by atoms with Crippen LogP contribution in [-0.4, -0.2) is 52.6 Å². The lowest BCUT2D eigenvalue weighted by Gasteiger charge is -2.37. The van der Waals surface area contributed by atoms with Gasteiger partial charge in [0.25, 0.3) is 0 Å². The van der Waals surface area contributed by atoms with Gasteiger partial charge in [-0.3, -0.25) is 9.58 Å². The average Bonchev–Trinajstić information content (AvgIpc) is 3.21. The number of unbranched alkanes of at least 4 members (excludes halogenated alkanes) is 1. The van der Waals surface area contributed by atoms with E-state index >= 15 is 0 Å². The highest BCUT2D eigenvalue weighted by Crippen LogP contribution is 2.23. The van der Waals surface area contributed by atoms with Crippen molar-refractivity contribution in [2.45, 2.75) is 40.2 Å². The second kappa shape index (κ2) is 9.43. The van der Waals surface area contributed by atoms with Crippen LogP contribution in [0.25, 0.3) is 11.3 Å².